The van der Waals surface area contributed by atoms with E-state index in [0.717, 1.165) is 41.5 Å². The zero-order valence-electron chi connectivity index (χ0n) is 17.4. The molecule has 0 aromatic heterocycles. The van der Waals surface area contributed by atoms with Gasteiger partial charge in [-0.3, -0.25) is 4.79 Å². The first-order chi connectivity index (χ1) is 14.5. The van der Waals surface area contributed by atoms with Crippen molar-refractivity contribution in [1.29, 1.82) is 0 Å². The van der Waals surface area contributed by atoms with Crippen LogP contribution in [0.4, 0.5) is 5.69 Å². The highest BCUT2D eigenvalue weighted by Gasteiger charge is 2.22. The molecule has 2 aromatic carbocycles. The number of hydrogen-bond acceptors (Lipinski definition) is 3. The molecule has 1 saturated heterocycles. The molecule has 0 bridgehead atoms. The lowest BCUT2D eigenvalue weighted by Crippen LogP contribution is -2.34. The van der Waals surface area contributed by atoms with E-state index < -0.39 is 5.97 Å². The maximum Gasteiger partial charge on any atom is 0.335 e. The van der Waals surface area contributed by atoms with Gasteiger partial charge in [0.15, 0.2) is 0 Å². The van der Waals surface area contributed by atoms with Gasteiger partial charge in [-0.2, -0.15) is 0 Å². The molecule has 1 amide bonds. The van der Waals surface area contributed by atoms with Crippen molar-refractivity contribution in [3.63, 3.8) is 0 Å². The Balaban J connectivity index is 1.76. The quantitative estimate of drug-likeness (QED) is 0.543. The molecular formula is C24H29BrN2O3. The topological polar surface area (TPSA) is 69.6 Å². The predicted octanol–water partition coefficient (Wildman–Crippen LogP) is 5.34. The highest BCUT2D eigenvalue weighted by atomic mass is 79.9. The van der Waals surface area contributed by atoms with Gasteiger partial charge >= 0.3 is 5.97 Å². The van der Waals surface area contributed by atoms with Crippen LogP contribution in [-0.2, 0) is 11.2 Å². The number of aromatic carboxylic acids is 1. The second-order valence-corrected chi connectivity index (χ2v) is 8.75. The summed E-state index contributed by atoms with van der Waals surface area (Å²) in [6.45, 7) is 4.22. The van der Waals surface area contributed by atoms with E-state index >= 15 is 0 Å². The molecule has 3 rings (SSSR count). The Bertz CT molecular complexity index is 877. The number of hydrogen-bond donors (Lipinski definition) is 2. The van der Waals surface area contributed by atoms with Crippen LogP contribution in [0.5, 0.6) is 0 Å². The van der Waals surface area contributed by atoms with Crippen LogP contribution in [0.1, 0.15) is 66.6 Å². The largest absolute Gasteiger partial charge is 0.478 e. The molecule has 160 valence electrons. The van der Waals surface area contributed by atoms with E-state index in [4.69, 9.17) is 5.11 Å². The van der Waals surface area contributed by atoms with Gasteiger partial charge < -0.3 is 15.3 Å². The Morgan fingerprint density at radius 2 is 1.80 bits per heavy atom. The molecule has 0 aliphatic carbocycles. The summed E-state index contributed by atoms with van der Waals surface area (Å²) in [6.07, 6.45) is 5.73. The van der Waals surface area contributed by atoms with Crippen LogP contribution in [-0.4, -0.2) is 30.1 Å². The standard InChI is InChI=1S/C24H29BrN2O3/c1-2-6-21(26-23(28)15-17-7-9-18(10-8-17)24(29)30)20-12-11-19(25)16-22(20)27-13-4-3-5-14-27/h7-12,16,21H,2-6,13-15H2,1H3,(H,26,28)(H,29,30). The Morgan fingerprint density at radius 1 is 1.10 bits per heavy atom. The normalized spacial score (nSPS) is 14.9. The summed E-state index contributed by atoms with van der Waals surface area (Å²) in [5.74, 6) is -1.02. The van der Waals surface area contributed by atoms with Crippen LogP contribution < -0.4 is 10.2 Å². The fourth-order valence-corrected chi connectivity index (χ4v) is 4.36. The average molecular weight is 473 g/mol. The van der Waals surface area contributed by atoms with Crippen LogP contribution in [0.25, 0.3) is 0 Å². The lowest BCUT2D eigenvalue weighted by molar-refractivity contribution is -0.121. The number of carboxylic acids is 1. The molecule has 1 heterocycles. The number of benzene rings is 2. The first-order valence-corrected chi connectivity index (χ1v) is 11.4. The zero-order chi connectivity index (χ0) is 21.5. The first kappa shape index (κ1) is 22.3. The number of carbonyl (C=O) groups is 2. The Morgan fingerprint density at radius 3 is 2.43 bits per heavy atom. The van der Waals surface area contributed by atoms with Gasteiger partial charge in [0, 0.05) is 23.2 Å². The van der Waals surface area contributed by atoms with Gasteiger partial charge in [-0.1, -0.05) is 47.5 Å². The van der Waals surface area contributed by atoms with Gasteiger partial charge in [-0.25, -0.2) is 4.79 Å². The number of carbonyl (C=O) groups excluding carboxylic acids is 1. The summed E-state index contributed by atoms with van der Waals surface area (Å²) < 4.78 is 1.05. The average Bonchev–Trinajstić information content (AvgIpc) is 2.74. The lowest BCUT2D eigenvalue weighted by Gasteiger charge is -2.33. The minimum absolute atomic E-state index is 0.0502. The number of halogens is 1. The van der Waals surface area contributed by atoms with Gasteiger partial charge in [-0.15, -0.1) is 0 Å². The van der Waals surface area contributed by atoms with Crippen molar-refractivity contribution in [2.24, 2.45) is 0 Å². The zero-order valence-corrected chi connectivity index (χ0v) is 19.0. The minimum atomic E-state index is -0.963. The highest BCUT2D eigenvalue weighted by molar-refractivity contribution is 9.10. The number of carboxylic acid groups (broad SMARTS) is 1. The van der Waals surface area contributed by atoms with Gasteiger partial charge in [-0.05, 0) is 61.1 Å². The van der Waals surface area contributed by atoms with Crippen LogP contribution in [0, 0.1) is 0 Å². The van der Waals surface area contributed by atoms with Crippen molar-refractivity contribution in [3.8, 4) is 0 Å². The predicted molar refractivity (Wildman–Crippen MR) is 123 cm³/mol. The SMILES string of the molecule is CCCC(NC(=O)Cc1ccc(C(=O)O)cc1)c1ccc(Br)cc1N1CCCCC1. The van der Waals surface area contributed by atoms with E-state index in [0.29, 0.717) is 0 Å². The number of nitrogens with zero attached hydrogens (tertiary/aromatic N) is 1. The summed E-state index contributed by atoms with van der Waals surface area (Å²) in [6, 6.07) is 12.8. The third-order valence-corrected chi connectivity index (χ3v) is 6.04. The van der Waals surface area contributed by atoms with E-state index in [9.17, 15) is 9.59 Å². The lowest BCUT2D eigenvalue weighted by atomic mass is 9.98. The monoisotopic (exact) mass is 472 g/mol. The molecule has 1 aliphatic heterocycles. The van der Waals surface area contributed by atoms with Crippen LogP contribution >= 0.6 is 15.9 Å². The molecule has 30 heavy (non-hydrogen) atoms. The van der Waals surface area contributed by atoms with E-state index in [-0.39, 0.29) is 23.9 Å². The molecule has 1 atom stereocenters. The van der Waals surface area contributed by atoms with Gasteiger partial charge in [0.2, 0.25) is 5.91 Å². The van der Waals surface area contributed by atoms with E-state index in [2.05, 4.69) is 45.2 Å². The fraction of sp³-hybridized carbons (Fsp3) is 0.417. The molecule has 1 fully saturated rings. The minimum Gasteiger partial charge on any atom is -0.478 e. The number of rotatable bonds is 8. The van der Waals surface area contributed by atoms with Crippen LogP contribution in [0.15, 0.2) is 46.9 Å². The van der Waals surface area contributed by atoms with Crippen molar-refractivity contribution in [3.05, 3.63) is 63.6 Å². The van der Waals surface area contributed by atoms with Gasteiger partial charge in [0.05, 0.1) is 18.0 Å². The van der Waals surface area contributed by atoms with Crippen LogP contribution in [0.2, 0.25) is 0 Å². The first-order valence-electron chi connectivity index (χ1n) is 10.6. The smallest absolute Gasteiger partial charge is 0.335 e. The third kappa shape index (κ3) is 5.85. The van der Waals surface area contributed by atoms with Gasteiger partial charge in [0.1, 0.15) is 0 Å². The van der Waals surface area contributed by atoms with E-state index in [1.165, 1.54) is 37.1 Å². The maximum absolute atomic E-state index is 12.8. The Kier molecular flexibility index (Phi) is 7.91. The van der Waals surface area contributed by atoms with Crippen molar-refractivity contribution in [2.45, 2.75) is 51.5 Å². The number of piperidine rings is 1. The summed E-state index contributed by atoms with van der Waals surface area (Å²) in [5, 5.41) is 12.2. The highest BCUT2D eigenvalue weighted by Crippen LogP contribution is 2.33. The molecule has 0 radical (unpaired) electrons. The second kappa shape index (κ2) is 10.6. The molecule has 0 saturated carbocycles. The molecule has 0 spiro atoms. The molecule has 1 unspecified atom stereocenters. The number of nitrogens with one attached hydrogen (secondary N) is 1. The summed E-state index contributed by atoms with van der Waals surface area (Å²) in [7, 11) is 0. The van der Waals surface area contributed by atoms with Crippen molar-refractivity contribution in [1.82, 2.24) is 5.32 Å². The summed E-state index contributed by atoms with van der Waals surface area (Å²) in [4.78, 5) is 26.2. The number of anilines is 1. The van der Waals surface area contributed by atoms with Crippen molar-refractivity contribution in [2.75, 3.05) is 18.0 Å². The summed E-state index contributed by atoms with van der Waals surface area (Å²) in [5.41, 5.74) is 3.40. The van der Waals surface area contributed by atoms with Crippen molar-refractivity contribution >= 4 is 33.5 Å². The fourth-order valence-electron chi connectivity index (χ4n) is 4.01. The maximum atomic E-state index is 12.8. The molecule has 2 N–H and O–H groups in total. The molecular weight excluding hydrogens is 444 g/mol. The molecule has 1 aliphatic rings. The second-order valence-electron chi connectivity index (χ2n) is 7.84. The number of amides is 1. The molecule has 5 nitrogen and oxygen atoms in total. The Labute approximate surface area is 186 Å². The van der Waals surface area contributed by atoms with Gasteiger partial charge in [0.25, 0.3) is 0 Å². The summed E-state index contributed by atoms with van der Waals surface area (Å²) >= 11 is 3.61. The van der Waals surface area contributed by atoms with Crippen molar-refractivity contribution < 1.29 is 14.7 Å². The molecule has 6 heteroatoms. The third-order valence-electron chi connectivity index (χ3n) is 5.54. The molecule has 2 aromatic rings. The van der Waals surface area contributed by atoms with E-state index in [1.807, 2.05) is 6.07 Å². The van der Waals surface area contributed by atoms with E-state index in [1.54, 1.807) is 12.1 Å². The van der Waals surface area contributed by atoms with Crippen LogP contribution in [0.3, 0.4) is 0 Å². The Hall–Kier alpha value is -2.34.